The smallest absolute Gasteiger partial charge is 0.244 e. The number of rotatable bonds is 5. The summed E-state index contributed by atoms with van der Waals surface area (Å²) in [4.78, 5) is 27.1. The van der Waals surface area contributed by atoms with E-state index in [0.29, 0.717) is 13.1 Å². The fourth-order valence-corrected chi connectivity index (χ4v) is 3.75. The zero-order valence-corrected chi connectivity index (χ0v) is 16.9. The molecule has 1 atom stereocenters. The number of hydrogen-bond donors (Lipinski definition) is 1. The molecule has 2 amide bonds. The highest BCUT2D eigenvalue weighted by Gasteiger charge is 2.28. The minimum atomic E-state index is -0.237. The summed E-state index contributed by atoms with van der Waals surface area (Å²) in [5.74, 6) is -0.378. The zero-order valence-electron chi connectivity index (χ0n) is 16.9. The first-order valence-electron chi connectivity index (χ1n) is 10.0. The first kappa shape index (κ1) is 19.8. The number of piperidine rings is 1. The maximum Gasteiger partial charge on any atom is 0.244 e. The topological polar surface area (TPSA) is 93.0 Å². The van der Waals surface area contributed by atoms with Crippen LogP contribution in [-0.2, 0) is 16.1 Å². The quantitative estimate of drug-likeness (QED) is 0.705. The Hall–Kier alpha value is -3.55. The second-order valence-corrected chi connectivity index (χ2v) is 7.63. The van der Waals surface area contributed by atoms with Crippen molar-refractivity contribution in [2.75, 3.05) is 18.4 Å². The molecule has 1 N–H and O–H groups in total. The summed E-state index contributed by atoms with van der Waals surface area (Å²) in [6.07, 6.45) is 2.97. The van der Waals surface area contributed by atoms with E-state index >= 15 is 0 Å². The molecule has 1 aliphatic rings. The third-order valence-corrected chi connectivity index (χ3v) is 5.32. The monoisotopic (exact) mass is 404 g/mol. The Morgan fingerprint density at radius 1 is 1.13 bits per heavy atom. The summed E-state index contributed by atoms with van der Waals surface area (Å²) in [5.41, 5.74) is 4.12. The second-order valence-electron chi connectivity index (χ2n) is 7.63. The predicted octanol–water partition coefficient (Wildman–Crippen LogP) is 2.53. The van der Waals surface area contributed by atoms with E-state index in [2.05, 4.69) is 46.0 Å². The van der Waals surface area contributed by atoms with Crippen LogP contribution in [0.15, 0.2) is 54.9 Å². The first-order valence-corrected chi connectivity index (χ1v) is 10.0. The molecule has 3 aromatic rings. The van der Waals surface area contributed by atoms with Crippen LogP contribution in [0.1, 0.15) is 18.4 Å². The van der Waals surface area contributed by atoms with Crippen LogP contribution in [0.2, 0.25) is 0 Å². The number of aryl methyl sites for hydroxylation is 1. The maximum atomic E-state index is 12.9. The van der Waals surface area contributed by atoms with Gasteiger partial charge in [0.05, 0.1) is 5.92 Å². The molecular formula is C22H24N6O2. The Labute approximate surface area is 174 Å². The molecule has 30 heavy (non-hydrogen) atoms. The van der Waals surface area contributed by atoms with Crippen LogP contribution in [0.3, 0.4) is 0 Å². The van der Waals surface area contributed by atoms with Gasteiger partial charge in [-0.05, 0) is 53.5 Å². The van der Waals surface area contributed by atoms with Crippen LogP contribution in [0, 0.1) is 12.8 Å². The van der Waals surface area contributed by atoms with Crippen LogP contribution in [0.4, 0.5) is 5.69 Å². The summed E-state index contributed by atoms with van der Waals surface area (Å²) in [7, 11) is 0. The number of tetrazole rings is 1. The number of nitrogens with one attached hydrogen (secondary N) is 1. The largest absolute Gasteiger partial charge is 0.340 e. The molecule has 1 fully saturated rings. The Morgan fingerprint density at radius 2 is 1.93 bits per heavy atom. The Morgan fingerprint density at radius 3 is 2.70 bits per heavy atom. The molecule has 1 aliphatic heterocycles. The lowest BCUT2D eigenvalue weighted by Crippen LogP contribution is -2.45. The van der Waals surface area contributed by atoms with Crippen LogP contribution in [0.5, 0.6) is 0 Å². The van der Waals surface area contributed by atoms with Gasteiger partial charge in [-0.1, -0.05) is 42.0 Å². The average Bonchev–Trinajstić information content (AvgIpc) is 3.27. The number of benzene rings is 2. The van der Waals surface area contributed by atoms with Crippen LogP contribution in [0.25, 0.3) is 11.1 Å². The van der Waals surface area contributed by atoms with Crippen LogP contribution in [-0.4, -0.2) is 50.0 Å². The van der Waals surface area contributed by atoms with Crippen molar-refractivity contribution in [1.29, 1.82) is 0 Å². The lowest BCUT2D eigenvalue weighted by Gasteiger charge is -2.32. The van der Waals surface area contributed by atoms with Crippen molar-refractivity contribution in [3.63, 3.8) is 0 Å². The molecule has 8 nitrogen and oxygen atoms in total. The summed E-state index contributed by atoms with van der Waals surface area (Å²) in [6.45, 7) is 3.20. The van der Waals surface area contributed by atoms with Gasteiger partial charge < -0.3 is 10.2 Å². The molecule has 0 radical (unpaired) electrons. The van der Waals surface area contributed by atoms with Gasteiger partial charge in [0.2, 0.25) is 11.8 Å². The van der Waals surface area contributed by atoms with E-state index in [4.69, 9.17) is 0 Å². The molecule has 0 aliphatic carbocycles. The number of hydrogen-bond acceptors (Lipinski definition) is 5. The van der Waals surface area contributed by atoms with Gasteiger partial charge in [-0.15, -0.1) is 5.10 Å². The lowest BCUT2D eigenvalue weighted by molar-refractivity contribution is -0.135. The molecule has 1 unspecified atom stereocenters. The zero-order chi connectivity index (χ0) is 20.9. The second kappa shape index (κ2) is 8.86. The minimum Gasteiger partial charge on any atom is -0.340 e. The molecule has 0 spiro atoms. The molecular weight excluding hydrogens is 380 g/mol. The summed E-state index contributed by atoms with van der Waals surface area (Å²) >= 11 is 0. The van der Waals surface area contributed by atoms with Gasteiger partial charge in [-0.2, -0.15) is 0 Å². The minimum absolute atomic E-state index is 0.0590. The highest BCUT2D eigenvalue weighted by atomic mass is 16.2. The van der Waals surface area contributed by atoms with Crippen molar-refractivity contribution >= 4 is 17.5 Å². The molecule has 154 valence electrons. The van der Waals surface area contributed by atoms with E-state index in [0.717, 1.165) is 29.7 Å². The van der Waals surface area contributed by atoms with Crippen molar-refractivity contribution in [3.05, 3.63) is 60.4 Å². The van der Waals surface area contributed by atoms with E-state index in [1.54, 1.807) is 4.90 Å². The Bertz CT molecular complexity index is 1030. The summed E-state index contributed by atoms with van der Waals surface area (Å²) < 4.78 is 1.39. The number of aromatic nitrogens is 4. The third-order valence-electron chi connectivity index (χ3n) is 5.32. The fraction of sp³-hybridized carbons (Fsp3) is 0.318. The van der Waals surface area contributed by atoms with E-state index in [1.807, 2.05) is 30.3 Å². The molecule has 1 aromatic heterocycles. The normalized spacial score (nSPS) is 16.3. The van der Waals surface area contributed by atoms with Crippen LogP contribution >= 0.6 is 0 Å². The molecule has 4 rings (SSSR count). The van der Waals surface area contributed by atoms with E-state index < -0.39 is 0 Å². The van der Waals surface area contributed by atoms with Crippen molar-refractivity contribution in [3.8, 4) is 11.1 Å². The fourth-order valence-electron chi connectivity index (χ4n) is 3.75. The van der Waals surface area contributed by atoms with Gasteiger partial charge in [-0.3, -0.25) is 9.59 Å². The summed E-state index contributed by atoms with van der Waals surface area (Å²) in [5, 5.41) is 13.8. The number of nitrogens with zero attached hydrogens (tertiary/aromatic N) is 5. The van der Waals surface area contributed by atoms with Crippen molar-refractivity contribution < 1.29 is 9.59 Å². The van der Waals surface area contributed by atoms with E-state index in [1.165, 1.54) is 16.6 Å². The van der Waals surface area contributed by atoms with Crippen molar-refractivity contribution in [2.45, 2.75) is 26.3 Å². The van der Waals surface area contributed by atoms with Crippen molar-refractivity contribution in [2.24, 2.45) is 5.92 Å². The molecule has 2 heterocycles. The van der Waals surface area contributed by atoms with Gasteiger partial charge in [0.1, 0.15) is 12.9 Å². The Kier molecular flexibility index (Phi) is 5.83. The van der Waals surface area contributed by atoms with Gasteiger partial charge in [-0.25, -0.2) is 4.68 Å². The third kappa shape index (κ3) is 4.71. The highest BCUT2D eigenvalue weighted by molar-refractivity contribution is 5.93. The van der Waals surface area contributed by atoms with Gasteiger partial charge >= 0.3 is 0 Å². The summed E-state index contributed by atoms with van der Waals surface area (Å²) in [6, 6.07) is 16.1. The lowest BCUT2D eigenvalue weighted by atomic mass is 9.96. The SMILES string of the molecule is Cc1cccc(-c2cccc(NC(=O)C3CCCN(C(=O)Cn4cnnn4)C3)c2)c1. The maximum absolute atomic E-state index is 12.9. The van der Waals surface area contributed by atoms with Gasteiger partial charge in [0.25, 0.3) is 0 Å². The predicted molar refractivity (Wildman–Crippen MR) is 112 cm³/mol. The molecule has 1 saturated heterocycles. The molecule has 8 heteroatoms. The number of anilines is 1. The van der Waals surface area contributed by atoms with Gasteiger partial charge in [0, 0.05) is 18.8 Å². The Balaban J connectivity index is 1.40. The van der Waals surface area contributed by atoms with Gasteiger partial charge in [0.15, 0.2) is 0 Å². The number of carbonyl (C=O) groups is 2. The van der Waals surface area contributed by atoms with E-state index in [-0.39, 0.29) is 24.3 Å². The highest BCUT2D eigenvalue weighted by Crippen LogP contribution is 2.25. The molecule has 2 aromatic carbocycles. The standard InChI is InChI=1S/C22H24N6O2/c1-16-5-2-6-17(11-16)18-7-3-9-20(12-18)24-22(30)19-8-4-10-27(13-19)21(29)14-28-15-23-25-26-28/h2-3,5-7,9,11-12,15,19H,4,8,10,13-14H2,1H3,(H,24,30). The number of likely N-dealkylation sites (tertiary alicyclic amines) is 1. The average molecular weight is 404 g/mol. The van der Waals surface area contributed by atoms with Crippen LogP contribution < -0.4 is 5.32 Å². The molecule has 0 saturated carbocycles. The number of carbonyl (C=O) groups excluding carboxylic acids is 2. The van der Waals surface area contributed by atoms with E-state index in [9.17, 15) is 9.59 Å². The number of amides is 2. The first-order chi connectivity index (χ1) is 14.6. The molecule has 0 bridgehead atoms. The van der Waals surface area contributed by atoms with Crippen molar-refractivity contribution in [1.82, 2.24) is 25.1 Å².